The second-order valence-electron chi connectivity index (χ2n) is 6.62. The monoisotopic (exact) mass is 363 g/mol. The van der Waals surface area contributed by atoms with Gasteiger partial charge in [0.25, 0.3) is 5.91 Å². The van der Waals surface area contributed by atoms with E-state index >= 15 is 0 Å². The highest BCUT2D eigenvalue weighted by Crippen LogP contribution is 2.37. The lowest BCUT2D eigenvalue weighted by Crippen LogP contribution is -2.36. The number of rotatable bonds is 2. The summed E-state index contributed by atoms with van der Waals surface area (Å²) in [7, 11) is 0. The third-order valence-corrected chi connectivity index (χ3v) is 4.87. The van der Waals surface area contributed by atoms with E-state index < -0.39 is 0 Å². The van der Waals surface area contributed by atoms with Gasteiger partial charge in [-0.1, -0.05) is 0 Å². The van der Waals surface area contributed by atoms with Gasteiger partial charge in [-0.05, 0) is 25.1 Å². The van der Waals surface area contributed by atoms with Gasteiger partial charge in [-0.2, -0.15) is 5.10 Å². The van der Waals surface area contributed by atoms with Crippen LogP contribution < -0.4 is 9.47 Å². The molecule has 0 unspecified atom stereocenters. The van der Waals surface area contributed by atoms with Crippen molar-refractivity contribution in [2.75, 3.05) is 13.3 Å². The molecule has 27 heavy (non-hydrogen) atoms. The Balaban J connectivity index is 1.45. The molecular weight excluding hydrogens is 346 g/mol. The van der Waals surface area contributed by atoms with Crippen molar-refractivity contribution < 1.29 is 14.3 Å². The number of ether oxygens (including phenoxy) is 2. The van der Waals surface area contributed by atoms with Gasteiger partial charge in [0, 0.05) is 36.0 Å². The molecule has 1 N–H and O–H groups in total. The van der Waals surface area contributed by atoms with E-state index in [4.69, 9.17) is 9.47 Å². The van der Waals surface area contributed by atoms with E-state index in [0.717, 1.165) is 40.4 Å². The van der Waals surface area contributed by atoms with E-state index in [-0.39, 0.29) is 12.7 Å². The zero-order chi connectivity index (χ0) is 18.4. The molecule has 0 radical (unpaired) electrons. The Morgan fingerprint density at radius 2 is 2.07 bits per heavy atom. The fraction of sp³-hybridized carbons (Fsp3) is 0.263. The summed E-state index contributed by atoms with van der Waals surface area (Å²) in [5.41, 5.74) is 4.98. The van der Waals surface area contributed by atoms with Crippen LogP contribution in [0.5, 0.6) is 11.5 Å². The maximum atomic E-state index is 12.8. The van der Waals surface area contributed by atoms with Gasteiger partial charge in [-0.15, -0.1) is 0 Å². The van der Waals surface area contributed by atoms with Crippen LogP contribution in [-0.2, 0) is 13.0 Å². The van der Waals surface area contributed by atoms with Crippen molar-refractivity contribution in [3.8, 4) is 22.8 Å². The highest BCUT2D eigenvalue weighted by molar-refractivity contribution is 5.92. The highest BCUT2D eigenvalue weighted by atomic mass is 16.7. The molecule has 136 valence electrons. The number of aryl methyl sites for hydroxylation is 1. The summed E-state index contributed by atoms with van der Waals surface area (Å²) in [6.07, 6.45) is 3.86. The average molecular weight is 363 g/mol. The fourth-order valence-electron chi connectivity index (χ4n) is 3.42. The third-order valence-electron chi connectivity index (χ3n) is 4.87. The van der Waals surface area contributed by atoms with Gasteiger partial charge in [-0.25, -0.2) is 4.98 Å². The Bertz CT molecular complexity index is 1030. The van der Waals surface area contributed by atoms with Crippen LogP contribution in [0.1, 0.15) is 27.4 Å². The van der Waals surface area contributed by atoms with E-state index in [2.05, 4.69) is 20.2 Å². The largest absolute Gasteiger partial charge is 0.454 e. The van der Waals surface area contributed by atoms with Gasteiger partial charge in [0.1, 0.15) is 5.69 Å². The van der Waals surface area contributed by atoms with Gasteiger partial charge in [-0.3, -0.25) is 14.9 Å². The molecular formula is C19H17N5O3. The number of carbonyl (C=O) groups is 1. The number of amides is 1. The first-order valence-electron chi connectivity index (χ1n) is 8.73. The van der Waals surface area contributed by atoms with Crippen molar-refractivity contribution in [2.45, 2.75) is 19.9 Å². The van der Waals surface area contributed by atoms with Crippen LogP contribution in [0.4, 0.5) is 0 Å². The Labute approximate surface area is 155 Å². The minimum atomic E-state index is -0.119. The Kier molecular flexibility index (Phi) is 3.56. The zero-order valence-corrected chi connectivity index (χ0v) is 14.7. The Morgan fingerprint density at radius 1 is 1.19 bits per heavy atom. The highest BCUT2D eigenvalue weighted by Gasteiger charge is 2.27. The summed E-state index contributed by atoms with van der Waals surface area (Å²) >= 11 is 0. The van der Waals surface area contributed by atoms with Crippen LogP contribution in [0.25, 0.3) is 11.3 Å². The van der Waals surface area contributed by atoms with Crippen molar-refractivity contribution in [1.82, 2.24) is 25.1 Å². The molecule has 8 heteroatoms. The summed E-state index contributed by atoms with van der Waals surface area (Å²) in [5, 5.41) is 7.60. The quantitative estimate of drug-likeness (QED) is 0.749. The maximum absolute atomic E-state index is 12.8. The number of benzene rings is 1. The molecule has 0 atom stereocenters. The maximum Gasteiger partial charge on any atom is 0.274 e. The average Bonchev–Trinajstić information content (AvgIpc) is 3.33. The summed E-state index contributed by atoms with van der Waals surface area (Å²) in [6.45, 7) is 3.17. The number of hydrogen-bond donors (Lipinski definition) is 1. The van der Waals surface area contributed by atoms with Gasteiger partial charge < -0.3 is 14.4 Å². The summed E-state index contributed by atoms with van der Waals surface area (Å²) in [6, 6.07) is 5.76. The number of hydrogen-bond acceptors (Lipinski definition) is 6. The normalized spacial score (nSPS) is 14.9. The lowest BCUT2D eigenvalue weighted by atomic mass is 10.0. The minimum Gasteiger partial charge on any atom is -0.454 e. The van der Waals surface area contributed by atoms with E-state index in [9.17, 15) is 4.79 Å². The van der Waals surface area contributed by atoms with Crippen molar-refractivity contribution in [2.24, 2.45) is 0 Å². The molecule has 2 aliphatic rings. The molecule has 0 spiro atoms. The van der Waals surface area contributed by atoms with Gasteiger partial charge in [0.15, 0.2) is 11.5 Å². The smallest absolute Gasteiger partial charge is 0.274 e. The van der Waals surface area contributed by atoms with Crippen molar-refractivity contribution >= 4 is 5.91 Å². The number of carbonyl (C=O) groups excluding carboxylic acids is 1. The molecule has 2 aromatic heterocycles. The Hall–Kier alpha value is -3.42. The summed E-state index contributed by atoms with van der Waals surface area (Å²) in [5.74, 6) is 1.33. The van der Waals surface area contributed by atoms with Crippen LogP contribution in [0.15, 0.2) is 30.6 Å². The molecule has 0 aliphatic carbocycles. The number of H-pyrrole nitrogens is 1. The fourth-order valence-corrected chi connectivity index (χ4v) is 3.42. The number of aromatic amines is 1. The van der Waals surface area contributed by atoms with Gasteiger partial charge in [0.05, 0.1) is 24.1 Å². The second kappa shape index (κ2) is 6.08. The van der Waals surface area contributed by atoms with Gasteiger partial charge >= 0.3 is 0 Å². The number of nitrogens with zero attached hydrogens (tertiary/aromatic N) is 4. The molecule has 0 bridgehead atoms. The molecule has 1 aromatic carbocycles. The van der Waals surface area contributed by atoms with Crippen molar-refractivity contribution in [3.63, 3.8) is 0 Å². The second-order valence-corrected chi connectivity index (χ2v) is 6.62. The van der Waals surface area contributed by atoms with Gasteiger partial charge in [0.2, 0.25) is 6.79 Å². The first-order valence-corrected chi connectivity index (χ1v) is 8.73. The lowest BCUT2D eigenvalue weighted by Gasteiger charge is -2.26. The number of fused-ring (bicyclic) bond motifs is 2. The first-order chi connectivity index (χ1) is 13.2. The third kappa shape index (κ3) is 2.69. The van der Waals surface area contributed by atoms with Crippen LogP contribution in [-0.4, -0.2) is 44.3 Å². The van der Waals surface area contributed by atoms with E-state index in [1.165, 1.54) is 6.20 Å². The topological polar surface area (TPSA) is 93.2 Å². The molecule has 0 fully saturated rings. The predicted octanol–water partition coefficient (Wildman–Crippen LogP) is 2.10. The predicted molar refractivity (Wildman–Crippen MR) is 95.4 cm³/mol. The van der Waals surface area contributed by atoms with E-state index in [1.807, 2.05) is 25.1 Å². The molecule has 2 aliphatic heterocycles. The Morgan fingerprint density at radius 3 is 2.93 bits per heavy atom. The van der Waals surface area contributed by atoms with E-state index in [1.54, 1.807) is 11.1 Å². The van der Waals surface area contributed by atoms with Crippen LogP contribution in [0.2, 0.25) is 0 Å². The molecule has 1 amide bonds. The number of nitrogens with one attached hydrogen (secondary N) is 1. The molecule has 5 rings (SSSR count). The van der Waals surface area contributed by atoms with Crippen LogP contribution in [0.3, 0.4) is 0 Å². The minimum absolute atomic E-state index is 0.119. The summed E-state index contributed by atoms with van der Waals surface area (Å²) in [4.78, 5) is 23.0. The van der Waals surface area contributed by atoms with Crippen molar-refractivity contribution in [1.29, 1.82) is 0 Å². The standard InChI is InChI=1S/C19H17N5O3/c1-11-7-21-15(8-20-11)19(25)24-5-4-14-13(9-24)18(23-22-14)12-2-3-16-17(6-12)27-10-26-16/h2-3,6-8H,4-5,9-10H2,1H3,(H,22,23). The molecule has 4 heterocycles. The lowest BCUT2D eigenvalue weighted by molar-refractivity contribution is 0.0728. The van der Waals surface area contributed by atoms with E-state index in [0.29, 0.717) is 24.5 Å². The first kappa shape index (κ1) is 15.8. The number of aromatic nitrogens is 4. The van der Waals surface area contributed by atoms with Crippen LogP contribution in [0, 0.1) is 6.92 Å². The zero-order valence-electron chi connectivity index (χ0n) is 14.7. The molecule has 0 saturated carbocycles. The molecule has 3 aromatic rings. The molecule has 0 saturated heterocycles. The molecule has 8 nitrogen and oxygen atoms in total. The SMILES string of the molecule is Cc1cnc(C(=O)N2CCc3[nH]nc(-c4ccc5c(c4)OCO5)c3C2)cn1. The van der Waals surface area contributed by atoms with Crippen LogP contribution >= 0.6 is 0 Å². The van der Waals surface area contributed by atoms with Crippen molar-refractivity contribution in [3.05, 3.63) is 53.2 Å². The summed E-state index contributed by atoms with van der Waals surface area (Å²) < 4.78 is 10.8.